The van der Waals surface area contributed by atoms with E-state index in [0.29, 0.717) is 15.3 Å². The number of nitrogens with zero attached hydrogens (tertiary/aromatic N) is 1. The third-order valence-corrected chi connectivity index (χ3v) is 1.96. The van der Waals surface area contributed by atoms with Crippen LogP contribution in [0.25, 0.3) is 0 Å². The average molecular weight is 257 g/mol. The molecule has 0 aromatic heterocycles. The molecule has 1 aromatic carbocycles. The Morgan fingerprint density at radius 3 is 2.44 bits per heavy atom. The Labute approximate surface area is 102 Å². The summed E-state index contributed by atoms with van der Waals surface area (Å²) in [7, 11) is 0. The highest BCUT2D eigenvalue weighted by molar-refractivity contribution is 7.80. The van der Waals surface area contributed by atoms with Crippen molar-refractivity contribution in [2.45, 2.75) is 0 Å². The van der Waals surface area contributed by atoms with Crippen molar-refractivity contribution in [3.63, 3.8) is 0 Å². The zero-order valence-corrected chi connectivity index (χ0v) is 9.51. The maximum absolute atomic E-state index is 11.4. The molecule has 0 aliphatic carbocycles. The molecule has 7 heteroatoms. The van der Waals surface area contributed by atoms with Crippen LogP contribution in [0.3, 0.4) is 0 Å². The van der Waals surface area contributed by atoms with Gasteiger partial charge in [-0.3, -0.25) is 0 Å². The third kappa shape index (κ3) is 3.13. The van der Waals surface area contributed by atoms with Gasteiger partial charge in [0.15, 0.2) is 0 Å². The molecule has 82 valence electrons. The molecule has 2 amide bonds. The molecule has 0 fully saturated rings. The quantitative estimate of drug-likeness (QED) is 0.343. The van der Waals surface area contributed by atoms with E-state index in [1.54, 1.807) is 0 Å². The molecule has 0 unspecified atom stereocenters. The number of hydrogen-bond donors (Lipinski definition) is 2. The van der Waals surface area contributed by atoms with Gasteiger partial charge >= 0.3 is 12.1 Å². The molecule has 1 aromatic rings. The predicted molar refractivity (Wildman–Crippen MR) is 62.4 cm³/mol. The smallest absolute Gasteiger partial charge is 0.357 e. The van der Waals surface area contributed by atoms with E-state index in [1.807, 2.05) is 0 Å². The summed E-state index contributed by atoms with van der Waals surface area (Å²) in [5, 5.41) is 2.37. The number of nitrogens with two attached hydrogens (primary N) is 1. The van der Waals surface area contributed by atoms with Crippen molar-refractivity contribution in [1.29, 1.82) is 0 Å². The van der Waals surface area contributed by atoms with E-state index >= 15 is 0 Å². The van der Waals surface area contributed by atoms with Gasteiger partial charge in [-0.2, -0.15) is 14.9 Å². The fraction of sp³-hybridized carbons (Fsp3) is 0. The van der Waals surface area contributed by atoms with E-state index in [2.05, 4.69) is 17.5 Å². The first kappa shape index (κ1) is 12.3. The maximum atomic E-state index is 11.4. The van der Waals surface area contributed by atoms with Crippen molar-refractivity contribution in [3.05, 3.63) is 29.3 Å². The Balaban J connectivity index is 3.00. The van der Waals surface area contributed by atoms with Gasteiger partial charge in [-0.05, 0) is 36.5 Å². The lowest BCUT2D eigenvalue weighted by Gasteiger charge is -1.98. The van der Waals surface area contributed by atoms with E-state index < -0.39 is 6.03 Å². The molecule has 0 bridgehead atoms. The number of isocyanates is 1. The van der Waals surface area contributed by atoms with E-state index in [0.717, 1.165) is 0 Å². The molecule has 3 N–H and O–H groups in total. The van der Waals surface area contributed by atoms with Crippen molar-refractivity contribution in [2.24, 2.45) is 5.73 Å². The number of halogens is 1. The van der Waals surface area contributed by atoms with E-state index in [4.69, 9.17) is 17.3 Å². The summed E-state index contributed by atoms with van der Waals surface area (Å²) >= 11 is 10.1. The van der Waals surface area contributed by atoms with Crippen molar-refractivity contribution < 1.29 is 14.2 Å². The molecule has 0 saturated heterocycles. The first-order valence-electron chi connectivity index (χ1n) is 4.08. The van der Waals surface area contributed by atoms with Gasteiger partial charge < -0.3 is 5.73 Å². The molecular weight excluding hydrogens is 250 g/mol. The number of rotatable bonds is 1. The van der Waals surface area contributed by atoms with Crippen molar-refractivity contribution in [1.82, 2.24) is 5.32 Å². The van der Waals surface area contributed by atoms with Gasteiger partial charge in [-0.15, -0.1) is 0 Å². The number of nitrogens with one attached hydrogen (secondary N) is 1. The van der Waals surface area contributed by atoms with Crippen LogP contribution in [0, 0.1) is 0 Å². The Hall–Kier alpha value is -1.75. The Morgan fingerprint density at radius 2 is 2.00 bits per heavy atom. The van der Waals surface area contributed by atoms with Crippen LogP contribution in [0.2, 0.25) is 5.02 Å². The van der Waals surface area contributed by atoms with Gasteiger partial charge in [-0.25, -0.2) is 0 Å². The summed E-state index contributed by atoms with van der Waals surface area (Å²) in [6.45, 7) is 0. The lowest BCUT2D eigenvalue weighted by molar-refractivity contribution is -0.329. The lowest BCUT2D eigenvalue weighted by Crippen LogP contribution is -2.38. The molecular formula is C9H7ClN3O2S+. The van der Waals surface area contributed by atoms with E-state index in [-0.39, 0.29) is 5.11 Å². The van der Waals surface area contributed by atoms with Gasteiger partial charge in [-0.1, -0.05) is 16.2 Å². The Kier molecular flexibility index (Phi) is 4.13. The van der Waals surface area contributed by atoms with Crippen LogP contribution in [0.5, 0.6) is 0 Å². The number of benzene rings is 1. The first-order chi connectivity index (χ1) is 7.54. The monoisotopic (exact) mass is 256 g/mol. The molecule has 0 saturated carbocycles. The van der Waals surface area contributed by atoms with Crippen LogP contribution < -0.4 is 11.1 Å². The van der Waals surface area contributed by atoms with Crippen LogP contribution in [-0.2, 0) is 4.79 Å². The fourth-order valence-corrected chi connectivity index (χ4v) is 1.18. The summed E-state index contributed by atoms with van der Waals surface area (Å²) < 4.78 is 0.704. The fourth-order valence-electron chi connectivity index (χ4n) is 0.963. The van der Waals surface area contributed by atoms with Crippen molar-refractivity contribution >= 4 is 46.7 Å². The van der Waals surface area contributed by atoms with Crippen LogP contribution in [-0.4, -0.2) is 21.8 Å². The summed E-state index contributed by atoms with van der Waals surface area (Å²) in [5.74, 6) is 0. The molecule has 5 nitrogen and oxygen atoms in total. The largest absolute Gasteiger partial charge is 0.514 e. The van der Waals surface area contributed by atoms with Crippen LogP contribution in [0.15, 0.2) is 24.3 Å². The van der Waals surface area contributed by atoms with E-state index in [9.17, 15) is 9.59 Å². The lowest BCUT2D eigenvalue weighted by atomic mass is 10.3. The molecule has 0 spiro atoms. The summed E-state index contributed by atoms with van der Waals surface area (Å²) in [4.78, 5) is 22.1. The topological polar surface area (TPSA) is 75.2 Å². The third-order valence-electron chi connectivity index (χ3n) is 1.61. The SMILES string of the molecule is NC(=S)NC(=O)[N+](=C=O)c1ccc(Cl)cc1. The number of urea groups is 1. The minimum Gasteiger partial charge on any atom is -0.357 e. The minimum atomic E-state index is -0.773. The second-order valence-corrected chi connectivity index (χ2v) is 3.57. The van der Waals surface area contributed by atoms with Gasteiger partial charge in [0, 0.05) is 5.02 Å². The van der Waals surface area contributed by atoms with Gasteiger partial charge in [0.1, 0.15) is 5.69 Å². The number of hydrogen-bond acceptors (Lipinski definition) is 3. The Morgan fingerprint density at radius 1 is 1.44 bits per heavy atom. The predicted octanol–water partition coefficient (Wildman–Crippen LogP) is 1.27. The molecule has 0 atom stereocenters. The van der Waals surface area contributed by atoms with Crippen LogP contribution in [0.4, 0.5) is 10.5 Å². The minimum absolute atomic E-state index is 0.223. The number of carbonyl (C=O) groups is 1. The number of amides is 2. The highest BCUT2D eigenvalue weighted by Gasteiger charge is 2.20. The molecule has 1 rings (SSSR count). The standard InChI is InChI=1S/C9H6ClN3O2S/c10-6-1-3-7(4-2-6)13(5-14)9(15)12-8(11)16/h1-4H,(H2-,11,12,15,16)/p+1. The zero-order chi connectivity index (χ0) is 12.1. The molecule has 0 heterocycles. The average Bonchev–Trinajstić information content (AvgIpc) is 2.21. The van der Waals surface area contributed by atoms with E-state index in [1.165, 1.54) is 30.3 Å². The van der Waals surface area contributed by atoms with Crippen LogP contribution >= 0.6 is 23.8 Å². The van der Waals surface area contributed by atoms with Crippen LogP contribution in [0.1, 0.15) is 0 Å². The normalized spacial score (nSPS) is 9.06. The Bertz CT molecular complexity index is 480. The molecule has 16 heavy (non-hydrogen) atoms. The second-order valence-electron chi connectivity index (χ2n) is 2.70. The zero-order valence-electron chi connectivity index (χ0n) is 7.94. The van der Waals surface area contributed by atoms with Gasteiger partial charge in [0.05, 0.1) is 0 Å². The molecule has 0 radical (unpaired) electrons. The van der Waals surface area contributed by atoms with Crippen molar-refractivity contribution in [3.8, 4) is 0 Å². The first-order valence-corrected chi connectivity index (χ1v) is 4.87. The number of carbonyl (C=O) groups excluding carboxylic acids is 2. The maximum Gasteiger partial charge on any atom is 0.514 e. The second kappa shape index (κ2) is 5.37. The summed E-state index contributed by atoms with van der Waals surface area (Å²) in [5.41, 5.74) is 5.42. The molecule has 0 aliphatic heterocycles. The molecule has 0 aliphatic rings. The summed E-state index contributed by atoms with van der Waals surface area (Å²) in [6.07, 6.45) is 1.46. The summed E-state index contributed by atoms with van der Waals surface area (Å²) in [6, 6.07) is 5.29. The number of thiocarbonyl (C=S) groups is 1. The van der Waals surface area contributed by atoms with Crippen molar-refractivity contribution in [2.75, 3.05) is 0 Å². The highest BCUT2D eigenvalue weighted by Crippen LogP contribution is 2.15. The highest BCUT2D eigenvalue weighted by atomic mass is 35.5. The van der Waals surface area contributed by atoms with Gasteiger partial charge in [0.2, 0.25) is 0 Å². The van der Waals surface area contributed by atoms with Gasteiger partial charge in [0.25, 0.3) is 5.11 Å².